The van der Waals surface area contributed by atoms with Gasteiger partial charge in [-0.3, -0.25) is 14.4 Å². The van der Waals surface area contributed by atoms with Gasteiger partial charge in [0.1, 0.15) is 11.3 Å². The first-order valence-electron chi connectivity index (χ1n) is 15.2. The van der Waals surface area contributed by atoms with Gasteiger partial charge in [0.25, 0.3) is 5.91 Å². The molecule has 1 fully saturated rings. The predicted octanol–water partition coefficient (Wildman–Crippen LogP) is 5.55. The van der Waals surface area contributed by atoms with E-state index in [4.69, 9.17) is 9.47 Å². The van der Waals surface area contributed by atoms with Crippen LogP contribution < -0.4 is 14.8 Å². The van der Waals surface area contributed by atoms with Crippen LogP contribution in [0.3, 0.4) is 0 Å². The van der Waals surface area contributed by atoms with Gasteiger partial charge >= 0.3 is 6.09 Å². The van der Waals surface area contributed by atoms with Crippen molar-refractivity contribution < 1.29 is 27.5 Å². The van der Waals surface area contributed by atoms with Gasteiger partial charge in [-0.05, 0) is 61.9 Å². The van der Waals surface area contributed by atoms with Crippen LogP contribution >= 0.6 is 0 Å². The SMILES string of the molecule is COc1c(NC(=O)c2cc3cccc(CN4CCCN(C(=O)OC(C)(C)C)CC4)c3n2C)cc(C(C)(C)C)cc1NS(C)(=O)=O. The summed E-state index contributed by atoms with van der Waals surface area (Å²) < 4.78 is 39.9. The van der Waals surface area contributed by atoms with Crippen LogP contribution in [0.15, 0.2) is 36.4 Å². The Kier molecular flexibility index (Phi) is 9.79. The smallest absolute Gasteiger partial charge is 0.410 e. The number of fused-ring (bicyclic) bond motifs is 1. The van der Waals surface area contributed by atoms with Crippen molar-refractivity contribution in [2.75, 3.05) is 49.6 Å². The highest BCUT2D eigenvalue weighted by molar-refractivity contribution is 7.92. The molecule has 0 unspecified atom stereocenters. The average Bonchev–Trinajstić information content (AvgIpc) is 3.07. The van der Waals surface area contributed by atoms with Crippen LogP contribution in [-0.4, -0.2) is 79.9 Å². The molecule has 2 amide bonds. The van der Waals surface area contributed by atoms with Gasteiger partial charge in [-0.2, -0.15) is 0 Å². The summed E-state index contributed by atoms with van der Waals surface area (Å²) in [6.45, 7) is 15.1. The maximum Gasteiger partial charge on any atom is 0.410 e. The van der Waals surface area contributed by atoms with Crippen molar-refractivity contribution in [2.45, 2.75) is 65.5 Å². The van der Waals surface area contributed by atoms with E-state index < -0.39 is 15.6 Å². The monoisotopic (exact) mass is 641 g/mol. The van der Waals surface area contributed by atoms with Crippen LogP contribution in [0.2, 0.25) is 0 Å². The number of carbonyl (C=O) groups is 2. The second-order valence-electron chi connectivity index (χ2n) is 13.7. The molecule has 1 saturated heterocycles. The van der Waals surface area contributed by atoms with Crippen LogP contribution in [0.25, 0.3) is 10.9 Å². The van der Waals surface area contributed by atoms with E-state index in [0.717, 1.165) is 41.3 Å². The molecule has 4 rings (SSSR count). The largest absolute Gasteiger partial charge is 0.492 e. The number of ether oxygens (including phenoxy) is 2. The fourth-order valence-corrected chi connectivity index (χ4v) is 6.11. The summed E-state index contributed by atoms with van der Waals surface area (Å²) in [6.07, 6.45) is 1.62. The van der Waals surface area contributed by atoms with Crippen LogP contribution in [0, 0.1) is 0 Å². The normalized spacial score (nSPS) is 15.1. The van der Waals surface area contributed by atoms with Crippen LogP contribution in [0.1, 0.15) is 69.6 Å². The number of aryl methyl sites for hydroxylation is 1. The molecule has 0 aliphatic carbocycles. The Balaban J connectivity index is 1.60. The third-order valence-corrected chi connectivity index (χ3v) is 8.30. The number of amides is 2. The first-order chi connectivity index (χ1) is 20.9. The molecule has 1 aliphatic heterocycles. The third-order valence-electron chi connectivity index (χ3n) is 7.71. The molecule has 12 heteroatoms. The van der Waals surface area contributed by atoms with Crippen molar-refractivity contribution in [2.24, 2.45) is 7.05 Å². The molecule has 2 N–H and O–H groups in total. The van der Waals surface area contributed by atoms with E-state index in [1.165, 1.54) is 7.11 Å². The fourth-order valence-electron chi connectivity index (χ4n) is 5.56. The molecule has 1 aliphatic rings. The summed E-state index contributed by atoms with van der Waals surface area (Å²) in [4.78, 5) is 30.5. The summed E-state index contributed by atoms with van der Waals surface area (Å²) in [5, 5.41) is 3.91. The van der Waals surface area contributed by atoms with Gasteiger partial charge in [0.2, 0.25) is 10.0 Å². The van der Waals surface area contributed by atoms with Crippen LogP contribution in [-0.2, 0) is 33.8 Å². The van der Waals surface area contributed by atoms with Gasteiger partial charge < -0.3 is 24.3 Å². The van der Waals surface area contributed by atoms with E-state index in [9.17, 15) is 18.0 Å². The predicted molar refractivity (Wildman–Crippen MR) is 179 cm³/mol. The van der Waals surface area contributed by atoms with E-state index in [0.29, 0.717) is 37.6 Å². The highest BCUT2D eigenvalue weighted by Crippen LogP contribution is 2.39. The first kappa shape index (κ1) is 34.1. The number of nitrogens with one attached hydrogen (secondary N) is 2. The van der Waals surface area contributed by atoms with Gasteiger partial charge in [0.05, 0.1) is 30.3 Å². The lowest BCUT2D eigenvalue weighted by molar-refractivity contribution is 0.0257. The van der Waals surface area contributed by atoms with E-state index in [-0.39, 0.29) is 28.9 Å². The van der Waals surface area contributed by atoms with E-state index in [2.05, 4.69) is 21.0 Å². The maximum atomic E-state index is 13.8. The molecule has 2 aromatic carbocycles. The van der Waals surface area contributed by atoms with Crippen molar-refractivity contribution >= 4 is 44.3 Å². The topological polar surface area (TPSA) is 122 Å². The van der Waals surface area contributed by atoms with Crippen LogP contribution in [0.5, 0.6) is 5.75 Å². The molecule has 0 bridgehead atoms. The number of hydrogen-bond donors (Lipinski definition) is 2. The average molecular weight is 642 g/mol. The second-order valence-corrected chi connectivity index (χ2v) is 15.5. The molecule has 0 radical (unpaired) electrons. The highest BCUT2D eigenvalue weighted by atomic mass is 32.2. The van der Waals surface area contributed by atoms with Crippen molar-refractivity contribution in [3.05, 3.63) is 53.2 Å². The second kappa shape index (κ2) is 12.9. The number of carbonyl (C=O) groups excluding carboxylic acids is 2. The number of nitrogens with zero attached hydrogens (tertiary/aromatic N) is 3. The summed E-state index contributed by atoms with van der Waals surface area (Å²) in [6, 6.07) is 11.4. The van der Waals surface area contributed by atoms with E-state index in [1.807, 2.05) is 77.4 Å². The van der Waals surface area contributed by atoms with Crippen LogP contribution in [0.4, 0.5) is 16.2 Å². The zero-order valence-corrected chi connectivity index (χ0v) is 28.7. The lowest BCUT2D eigenvalue weighted by Crippen LogP contribution is -2.39. The Labute approximate surface area is 266 Å². The molecule has 11 nitrogen and oxygen atoms in total. The summed E-state index contributed by atoms with van der Waals surface area (Å²) >= 11 is 0. The number of hydrogen-bond acceptors (Lipinski definition) is 7. The molecular weight excluding hydrogens is 594 g/mol. The summed E-state index contributed by atoms with van der Waals surface area (Å²) in [7, 11) is -0.298. The fraction of sp³-hybridized carbons (Fsp3) is 0.515. The van der Waals surface area contributed by atoms with Gasteiger partial charge in [-0.15, -0.1) is 0 Å². The van der Waals surface area contributed by atoms with Gasteiger partial charge in [0.15, 0.2) is 5.75 Å². The third kappa shape index (κ3) is 8.49. The summed E-state index contributed by atoms with van der Waals surface area (Å²) in [5.74, 6) is -0.125. The number of benzene rings is 2. The molecule has 0 spiro atoms. The molecule has 45 heavy (non-hydrogen) atoms. The van der Waals surface area contributed by atoms with E-state index in [1.54, 1.807) is 11.0 Å². The zero-order valence-electron chi connectivity index (χ0n) is 27.9. The van der Waals surface area contributed by atoms with Gasteiger partial charge in [-0.1, -0.05) is 39.0 Å². The minimum Gasteiger partial charge on any atom is -0.492 e. The molecular formula is C33H47N5O6S. The lowest BCUT2D eigenvalue weighted by atomic mass is 9.86. The Morgan fingerprint density at radius 2 is 1.64 bits per heavy atom. The number of anilines is 2. The van der Waals surface area contributed by atoms with Crippen molar-refractivity contribution in [1.82, 2.24) is 14.4 Å². The Morgan fingerprint density at radius 3 is 2.27 bits per heavy atom. The zero-order chi connectivity index (χ0) is 33.3. The molecule has 3 aromatic rings. The Hall–Kier alpha value is -3.77. The highest BCUT2D eigenvalue weighted by Gasteiger charge is 2.26. The number of para-hydroxylation sites is 1. The molecule has 246 valence electrons. The minimum absolute atomic E-state index is 0.225. The standard InChI is InChI=1S/C33H47N5O6S/c1-32(2,3)24-19-25(29(43-8)26(20-24)35-45(9,41)42)34-30(39)27-18-22-12-10-13-23(28(22)36(27)7)21-37-14-11-15-38(17-16-37)31(40)44-33(4,5)6/h10,12-13,18-20,35H,11,14-17,21H2,1-9H3,(H,34,39). The van der Waals surface area contributed by atoms with Crippen molar-refractivity contribution in [3.8, 4) is 5.75 Å². The maximum absolute atomic E-state index is 13.8. The number of rotatable bonds is 7. The lowest BCUT2D eigenvalue weighted by Gasteiger charge is -2.26. The quantitative estimate of drug-likeness (QED) is 0.347. The van der Waals surface area contributed by atoms with Crippen molar-refractivity contribution in [1.29, 1.82) is 0 Å². The Bertz CT molecular complexity index is 1680. The number of methoxy groups -OCH3 is 1. The Morgan fingerprint density at radius 1 is 0.956 bits per heavy atom. The van der Waals surface area contributed by atoms with E-state index >= 15 is 0 Å². The molecule has 0 saturated carbocycles. The molecule has 1 aromatic heterocycles. The number of sulfonamides is 1. The summed E-state index contributed by atoms with van der Waals surface area (Å²) in [5.41, 5.74) is 3.06. The van der Waals surface area contributed by atoms with Gasteiger partial charge in [-0.25, -0.2) is 13.2 Å². The first-order valence-corrected chi connectivity index (χ1v) is 17.0. The molecule has 0 atom stereocenters. The van der Waals surface area contributed by atoms with Crippen molar-refractivity contribution in [3.63, 3.8) is 0 Å². The minimum atomic E-state index is -3.60. The van der Waals surface area contributed by atoms with Gasteiger partial charge in [0, 0.05) is 45.2 Å². The number of aromatic nitrogens is 1. The molecule has 2 heterocycles.